The predicted molar refractivity (Wildman–Crippen MR) is 103 cm³/mol. The van der Waals surface area contributed by atoms with Crippen molar-refractivity contribution in [3.8, 4) is 5.75 Å². The molecule has 3 rings (SSSR count). The van der Waals surface area contributed by atoms with Gasteiger partial charge in [0.05, 0.1) is 11.5 Å². The maximum atomic E-state index is 12.5. The SMILES string of the molecule is CCOc1ccc2ccccc2c1/C=C1/SC(=S)N(CC(=O)O)C1=O. The minimum atomic E-state index is -1.10. The van der Waals surface area contributed by atoms with E-state index in [1.807, 2.05) is 43.3 Å². The number of nitrogens with zero attached hydrogens (tertiary/aromatic N) is 1. The Morgan fingerprint density at radius 2 is 2.08 bits per heavy atom. The monoisotopic (exact) mass is 373 g/mol. The summed E-state index contributed by atoms with van der Waals surface area (Å²) in [5, 5.41) is 10.9. The van der Waals surface area contributed by atoms with E-state index >= 15 is 0 Å². The molecule has 1 aliphatic heterocycles. The molecular formula is C18H15NO4S2. The van der Waals surface area contributed by atoms with E-state index in [1.54, 1.807) is 6.08 Å². The summed E-state index contributed by atoms with van der Waals surface area (Å²) in [6.07, 6.45) is 1.73. The van der Waals surface area contributed by atoms with Gasteiger partial charge in [0.1, 0.15) is 16.6 Å². The van der Waals surface area contributed by atoms with Crippen LogP contribution in [0.3, 0.4) is 0 Å². The highest BCUT2D eigenvalue weighted by atomic mass is 32.2. The van der Waals surface area contributed by atoms with Crippen molar-refractivity contribution >= 4 is 57.0 Å². The third-order valence-corrected chi connectivity index (χ3v) is 5.05. The highest BCUT2D eigenvalue weighted by Crippen LogP contribution is 2.36. The molecule has 0 aromatic heterocycles. The lowest BCUT2D eigenvalue weighted by molar-refractivity contribution is -0.140. The van der Waals surface area contributed by atoms with Crippen LogP contribution in [0.25, 0.3) is 16.8 Å². The van der Waals surface area contributed by atoms with Gasteiger partial charge < -0.3 is 9.84 Å². The van der Waals surface area contributed by atoms with Crippen molar-refractivity contribution in [2.75, 3.05) is 13.2 Å². The molecule has 128 valence electrons. The number of amides is 1. The normalized spacial score (nSPS) is 16.0. The fraction of sp³-hybridized carbons (Fsp3) is 0.167. The van der Waals surface area contributed by atoms with Crippen LogP contribution in [0.15, 0.2) is 41.3 Å². The molecule has 0 spiro atoms. The van der Waals surface area contributed by atoms with Crippen LogP contribution < -0.4 is 4.74 Å². The second-order valence-electron chi connectivity index (χ2n) is 5.29. The smallest absolute Gasteiger partial charge is 0.323 e. The zero-order valence-corrected chi connectivity index (χ0v) is 15.0. The molecule has 1 amide bonds. The van der Waals surface area contributed by atoms with Crippen LogP contribution in [0.4, 0.5) is 0 Å². The Labute approximate surface area is 154 Å². The van der Waals surface area contributed by atoms with Gasteiger partial charge >= 0.3 is 5.97 Å². The van der Waals surface area contributed by atoms with Crippen LogP contribution in [0.1, 0.15) is 12.5 Å². The van der Waals surface area contributed by atoms with Crippen molar-refractivity contribution in [3.05, 3.63) is 46.9 Å². The third kappa shape index (κ3) is 3.52. The van der Waals surface area contributed by atoms with Gasteiger partial charge in [-0.1, -0.05) is 54.3 Å². The van der Waals surface area contributed by atoms with Gasteiger partial charge in [0, 0.05) is 5.56 Å². The maximum absolute atomic E-state index is 12.5. The number of ether oxygens (including phenoxy) is 1. The Morgan fingerprint density at radius 3 is 2.80 bits per heavy atom. The zero-order valence-electron chi connectivity index (χ0n) is 13.4. The van der Waals surface area contributed by atoms with Gasteiger partial charge in [-0.05, 0) is 29.8 Å². The topological polar surface area (TPSA) is 66.8 Å². The zero-order chi connectivity index (χ0) is 18.0. The van der Waals surface area contributed by atoms with E-state index < -0.39 is 18.4 Å². The van der Waals surface area contributed by atoms with Crippen LogP contribution in [-0.2, 0) is 9.59 Å². The second kappa shape index (κ2) is 7.25. The Hall–Kier alpha value is -2.38. The molecule has 0 saturated carbocycles. The van der Waals surface area contributed by atoms with Crippen molar-refractivity contribution in [1.29, 1.82) is 0 Å². The lowest BCUT2D eigenvalue weighted by Gasteiger charge is -2.12. The minimum absolute atomic E-state index is 0.247. The first kappa shape index (κ1) is 17.4. The summed E-state index contributed by atoms with van der Waals surface area (Å²) in [4.78, 5) is 24.9. The molecule has 1 N–H and O–H groups in total. The third-order valence-electron chi connectivity index (χ3n) is 3.67. The van der Waals surface area contributed by atoms with E-state index in [-0.39, 0.29) is 4.32 Å². The fourth-order valence-corrected chi connectivity index (χ4v) is 3.85. The second-order valence-corrected chi connectivity index (χ2v) is 6.97. The Kier molecular flexibility index (Phi) is 5.06. The number of hydrogen-bond donors (Lipinski definition) is 1. The molecule has 0 unspecified atom stereocenters. The Morgan fingerprint density at radius 1 is 1.32 bits per heavy atom. The summed E-state index contributed by atoms with van der Waals surface area (Å²) in [6, 6.07) is 11.6. The van der Waals surface area contributed by atoms with Gasteiger partial charge in [-0.3, -0.25) is 14.5 Å². The molecule has 0 aliphatic carbocycles. The number of benzene rings is 2. The van der Waals surface area contributed by atoms with Crippen LogP contribution in [0.5, 0.6) is 5.75 Å². The van der Waals surface area contributed by atoms with E-state index in [9.17, 15) is 9.59 Å². The number of rotatable bonds is 5. The van der Waals surface area contributed by atoms with Crippen molar-refractivity contribution in [1.82, 2.24) is 4.90 Å². The molecule has 5 nitrogen and oxygen atoms in total. The molecule has 1 heterocycles. The maximum Gasteiger partial charge on any atom is 0.323 e. The fourth-order valence-electron chi connectivity index (χ4n) is 2.61. The van der Waals surface area contributed by atoms with Gasteiger partial charge in [-0.15, -0.1) is 0 Å². The summed E-state index contributed by atoms with van der Waals surface area (Å²) >= 11 is 6.25. The first-order valence-electron chi connectivity index (χ1n) is 7.63. The summed E-state index contributed by atoms with van der Waals surface area (Å²) in [5.74, 6) is -0.824. The molecule has 25 heavy (non-hydrogen) atoms. The van der Waals surface area contributed by atoms with E-state index in [1.165, 1.54) is 0 Å². The highest BCUT2D eigenvalue weighted by molar-refractivity contribution is 8.26. The van der Waals surface area contributed by atoms with Gasteiger partial charge in [-0.25, -0.2) is 0 Å². The van der Waals surface area contributed by atoms with Crippen molar-refractivity contribution in [2.24, 2.45) is 0 Å². The van der Waals surface area contributed by atoms with Gasteiger partial charge in [0.15, 0.2) is 0 Å². The van der Waals surface area contributed by atoms with Crippen molar-refractivity contribution in [2.45, 2.75) is 6.92 Å². The van der Waals surface area contributed by atoms with E-state index in [4.69, 9.17) is 22.1 Å². The molecule has 2 aromatic carbocycles. The lowest BCUT2D eigenvalue weighted by Crippen LogP contribution is -2.33. The van der Waals surface area contributed by atoms with E-state index in [2.05, 4.69) is 0 Å². The number of carboxylic acid groups (broad SMARTS) is 1. The van der Waals surface area contributed by atoms with Crippen LogP contribution in [0, 0.1) is 0 Å². The first-order valence-corrected chi connectivity index (χ1v) is 8.85. The van der Waals surface area contributed by atoms with E-state index in [0.29, 0.717) is 17.3 Å². The van der Waals surface area contributed by atoms with Crippen LogP contribution in [0.2, 0.25) is 0 Å². The number of thioether (sulfide) groups is 1. The number of fused-ring (bicyclic) bond motifs is 1. The molecule has 2 aromatic rings. The minimum Gasteiger partial charge on any atom is -0.493 e. The average molecular weight is 373 g/mol. The van der Waals surface area contributed by atoms with Crippen LogP contribution >= 0.6 is 24.0 Å². The molecular weight excluding hydrogens is 358 g/mol. The molecule has 0 radical (unpaired) electrons. The molecule has 1 aliphatic rings. The summed E-state index contributed by atoms with van der Waals surface area (Å²) in [5.41, 5.74) is 0.788. The van der Waals surface area contributed by atoms with Gasteiger partial charge in [0.2, 0.25) is 0 Å². The molecule has 7 heteroatoms. The molecule has 1 saturated heterocycles. The number of carbonyl (C=O) groups excluding carboxylic acids is 1. The highest BCUT2D eigenvalue weighted by Gasteiger charge is 2.33. The quantitative estimate of drug-likeness (QED) is 0.639. The molecule has 1 fully saturated rings. The number of aliphatic carboxylic acids is 1. The standard InChI is InChI=1S/C18H15NO4S2/c1-2-23-14-8-7-11-5-3-4-6-12(11)13(14)9-15-17(22)19(10-16(20)21)18(24)25-15/h3-9H,2,10H2,1H3,(H,20,21)/b15-9+. The summed E-state index contributed by atoms with van der Waals surface area (Å²) < 4.78 is 5.95. The average Bonchev–Trinajstić information content (AvgIpc) is 2.84. The largest absolute Gasteiger partial charge is 0.493 e. The van der Waals surface area contributed by atoms with Crippen molar-refractivity contribution < 1.29 is 19.4 Å². The number of carbonyl (C=O) groups is 2. The molecule has 0 bridgehead atoms. The van der Waals surface area contributed by atoms with Crippen LogP contribution in [-0.4, -0.2) is 39.4 Å². The van der Waals surface area contributed by atoms with Crippen molar-refractivity contribution in [3.63, 3.8) is 0 Å². The summed E-state index contributed by atoms with van der Waals surface area (Å²) in [6.45, 7) is 1.96. The Balaban J connectivity index is 2.08. The first-order chi connectivity index (χ1) is 12.0. The number of carboxylic acids is 1. The summed E-state index contributed by atoms with van der Waals surface area (Å²) in [7, 11) is 0. The number of hydrogen-bond acceptors (Lipinski definition) is 5. The van der Waals surface area contributed by atoms with Gasteiger partial charge in [-0.2, -0.15) is 0 Å². The predicted octanol–water partition coefficient (Wildman–Crippen LogP) is 3.52. The number of thiocarbonyl (C=S) groups is 1. The lowest BCUT2D eigenvalue weighted by atomic mass is 10.0. The van der Waals surface area contributed by atoms with E-state index in [0.717, 1.165) is 33.0 Å². The Bertz CT molecular complexity index is 907. The van der Waals surface area contributed by atoms with Gasteiger partial charge in [0.25, 0.3) is 5.91 Å². The molecule has 0 atom stereocenters.